The zero-order valence-electron chi connectivity index (χ0n) is 86.4. The van der Waals surface area contributed by atoms with E-state index in [1.165, 1.54) is 133 Å². The van der Waals surface area contributed by atoms with Crippen LogP contribution in [0.25, 0.3) is 165 Å². The van der Waals surface area contributed by atoms with Crippen molar-refractivity contribution in [2.45, 2.75) is 150 Å². The van der Waals surface area contributed by atoms with Crippen molar-refractivity contribution < 1.29 is 26.3 Å². The van der Waals surface area contributed by atoms with E-state index in [0.29, 0.717) is 21.8 Å². The minimum absolute atomic E-state index is 0.205. The Morgan fingerprint density at radius 2 is 0.376 bits per heavy atom. The van der Waals surface area contributed by atoms with Crippen LogP contribution in [0.5, 0.6) is 0 Å². The predicted molar refractivity (Wildman–Crippen MR) is 608 cm³/mol. The van der Waals surface area contributed by atoms with Gasteiger partial charge >= 0.3 is 12.4 Å². The molecule has 0 aliphatic rings. The van der Waals surface area contributed by atoms with Crippen LogP contribution >= 0.6 is 0 Å². The first kappa shape index (κ1) is 94.7. The summed E-state index contributed by atoms with van der Waals surface area (Å²) in [5.74, 6) is 0. The molecule has 18 aromatic carbocycles. The van der Waals surface area contributed by atoms with Gasteiger partial charge in [0.05, 0.1) is 77.3 Å². The van der Waals surface area contributed by atoms with Crippen molar-refractivity contribution >= 4 is 131 Å². The summed E-state index contributed by atoms with van der Waals surface area (Å²) in [6.07, 6.45) is -5.14. The van der Waals surface area contributed by atoms with Crippen LogP contribution in [0.3, 0.4) is 0 Å². The van der Waals surface area contributed by atoms with Crippen LogP contribution in [-0.4, -0.2) is 32.4 Å². The van der Waals surface area contributed by atoms with Gasteiger partial charge in [-0.1, -0.05) is 273 Å². The van der Waals surface area contributed by atoms with Gasteiger partial charge in [0, 0.05) is 138 Å². The minimum Gasteiger partial charge on any atom is -0.309 e. The van der Waals surface area contributed by atoms with Crippen LogP contribution in [0.2, 0.25) is 0 Å². The van der Waals surface area contributed by atoms with Gasteiger partial charge in [0.2, 0.25) is 0 Å². The van der Waals surface area contributed by atoms with Gasteiger partial charge in [0.1, 0.15) is 0 Å². The van der Waals surface area contributed by atoms with Gasteiger partial charge in [-0.05, 0) is 308 Å². The Labute approximate surface area is 862 Å². The Morgan fingerprint density at radius 1 is 0.161 bits per heavy atom. The van der Waals surface area contributed by atoms with Crippen LogP contribution in [0.4, 0.5) is 26.3 Å². The van der Waals surface area contributed by atoms with E-state index in [9.17, 15) is 26.3 Å². The molecular weight excluding hydrogens is 1850 g/mol. The Morgan fingerprint density at radius 3 is 0.664 bits per heavy atom. The fourth-order valence-electron chi connectivity index (χ4n) is 23.6. The zero-order valence-corrected chi connectivity index (χ0v) is 86.4. The van der Waals surface area contributed by atoms with Gasteiger partial charge in [0.15, 0.2) is 0 Å². The molecule has 7 nitrogen and oxygen atoms in total. The van der Waals surface area contributed by atoms with Crippen molar-refractivity contribution in [1.82, 2.24) is 32.4 Å². The number of para-hydroxylation sites is 2. The lowest BCUT2D eigenvalue weighted by atomic mass is 9.76. The number of rotatable bonds is 16. The molecule has 149 heavy (non-hydrogen) atoms. The quantitative estimate of drug-likeness (QED) is 0.0889. The summed E-state index contributed by atoms with van der Waals surface area (Å²) in [7, 11) is 0. The number of hydrogen-bond acceptors (Lipinski definition) is 1. The molecule has 0 N–H and O–H groups in total. The van der Waals surface area contributed by atoms with Gasteiger partial charge in [-0.2, -0.15) is 26.3 Å². The Hall–Kier alpha value is -16.5. The highest BCUT2D eigenvalue weighted by molar-refractivity contribution is 6.16. The maximum absolute atomic E-state index is 14.2. The molecule has 734 valence electrons. The third-order valence-corrected chi connectivity index (χ3v) is 32.7. The highest BCUT2D eigenvalue weighted by atomic mass is 19.4. The van der Waals surface area contributed by atoms with Gasteiger partial charge < -0.3 is 27.4 Å². The molecule has 0 radical (unpaired) electrons. The molecule has 25 rings (SSSR count). The lowest BCUT2D eigenvalue weighted by Gasteiger charge is -2.27. The molecule has 7 heterocycles. The van der Waals surface area contributed by atoms with Crippen molar-refractivity contribution in [3.63, 3.8) is 0 Å². The van der Waals surface area contributed by atoms with E-state index in [-0.39, 0.29) is 16.2 Å². The molecule has 0 aliphatic carbocycles. The Bertz CT molecular complexity index is 9220. The third kappa shape index (κ3) is 15.8. The van der Waals surface area contributed by atoms with E-state index in [2.05, 4.69) is 408 Å². The lowest BCUT2D eigenvalue weighted by Crippen LogP contribution is -2.19. The average molecular weight is 1960 g/mol. The number of hydrogen-bond donors (Lipinski definition) is 0. The molecule has 25 aromatic rings. The maximum Gasteiger partial charge on any atom is 0.416 e. The van der Waals surface area contributed by atoms with E-state index >= 15 is 0 Å². The smallest absolute Gasteiger partial charge is 0.309 e. The molecule has 0 saturated carbocycles. The van der Waals surface area contributed by atoms with Gasteiger partial charge in [-0.25, -0.2) is 0 Å². The van der Waals surface area contributed by atoms with Crippen LogP contribution in [0.15, 0.2) is 395 Å². The van der Waals surface area contributed by atoms with E-state index in [1.54, 1.807) is 12.1 Å². The maximum atomic E-state index is 14.2. The number of fused-ring (bicyclic) bond motifs is 18. The number of alkyl halides is 6. The lowest BCUT2D eigenvalue weighted by molar-refractivity contribution is -0.138. The SMILES string of the molecule is Cc1ccc(-n2c3ccc(C(F)(F)F)cc3c3ccc(C(C)(C)c4ccc5c(c4)c4cc(C(C)(C)c6ccc7c8cc(C(F)(F)F)ccc8n(-c8ccc(C)cc8)c7c6)ccc4n5-c4cc(C)cc(C)c4)cc32)cc1.Cc1ccc(-n2c3ccccc3c3ccc(C(C)(C)c4ccc5c(c4)c4cc(C(C)(C)c6ccc7c8ccccc8n(-c8ccc(C)cc8)c7c6)ccc4n5-c4ccc(C(C)(C)c5cccnc5)cc4)cc32)cc1. The predicted octanol–water partition coefficient (Wildman–Crippen LogP) is 36.9. The van der Waals surface area contributed by atoms with Crippen molar-refractivity contribution in [2.75, 3.05) is 0 Å². The molecule has 0 spiro atoms. The second-order valence-electron chi connectivity index (χ2n) is 44.0. The molecule has 0 saturated heterocycles. The highest BCUT2D eigenvalue weighted by Gasteiger charge is 2.38. The van der Waals surface area contributed by atoms with E-state index in [1.807, 2.05) is 93.0 Å². The molecule has 0 atom stereocenters. The molecule has 0 bridgehead atoms. The van der Waals surface area contributed by atoms with Gasteiger partial charge in [0.25, 0.3) is 0 Å². The standard InChI is InChI=1S/C70H60N4.C66H53F6N3/c1-45-19-29-53(30-20-45)73-62-17-11-9-15-56(62)58-35-25-50(42-66(58)73)69(5,6)48-27-37-64-60(40-48)61-41-49(28-38-65(61)72(64)55-33-23-47(24-34-55)68(3,4)52-14-13-39-71-44-52)70(7,8)51-26-36-59-57-16-10-12-18-63(57)74(67(59)43-51)54-31-21-46(2)22-32-54;1-38-9-19-48(20-10-38)73-57-27-17-46(65(67,68)69)34-53(57)51-23-13-44(36-61(51)73)63(5,6)42-15-25-59-55(32-42)56-33-43(16-26-60(56)75(59)50-30-40(3)29-41(4)31-50)64(7,8)45-14-24-52-54-35-47(66(70,71)72)18-28-58(54)74(62(52)37-45)49-21-11-39(2)12-22-49/h9-44H,1-8H3;9-37H,1-8H3. The van der Waals surface area contributed by atoms with Crippen molar-refractivity contribution in [3.05, 3.63) is 495 Å². The first-order valence-electron chi connectivity index (χ1n) is 51.3. The first-order valence-corrected chi connectivity index (χ1v) is 51.3. The monoisotopic (exact) mass is 1960 g/mol. The van der Waals surface area contributed by atoms with Crippen LogP contribution in [-0.2, 0) is 39.4 Å². The fraction of sp³-hybridized carbons (Fsp3) is 0.169. The molecule has 0 aliphatic heterocycles. The summed E-state index contributed by atoms with van der Waals surface area (Å²) >= 11 is 0. The van der Waals surface area contributed by atoms with Crippen LogP contribution in [0.1, 0.15) is 169 Å². The summed E-state index contributed by atoms with van der Waals surface area (Å²) in [5, 5.41) is 12.2. The molecule has 13 heteroatoms. The minimum atomic E-state index is -4.49. The van der Waals surface area contributed by atoms with Gasteiger partial charge in [-0.15, -0.1) is 0 Å². The molecule has 0 unspecified atom stereocenters. The molecular formula is C136H113F6N7. The number of benzene rings is 18. The third-order valence-electron chi connectivity index (χ3n) is 32.7. The largest absolute Gasteiger partial charge is 0.416 e. The summed E-state index contributed by atoms with van der Waals surface area (Å²) in [4.78, 5) is 4.47. The Kier molecular flexibility index (Phi) is 22.2. The zero-order chi connectivity index (χ0) is 103. The Balaban J connectivity index is 0.000000159. The number of aromatic nitrogens is 7. The number of pyridine rings is 1. The van der Waals surface area contributed by atoms with Crippen molar-refractivity contribution in [2.24, 2.45) is 0 Å². The summed E-state index contributed by atoms with van der Waals surface area (Å²) in [5.41, 5.74) is 34.0. The van der Waals surface area contributed by atoms with Gasteiger partial charge in [-0.3, -0.25) is 4.98 Å². The summed E-state index contributed by atoms with van der Waals surface area (Å²) in [6.45, 7) is 35.5. The summed E-state index contributed by atoms with van der Waals surface area (Å²) < 4.78 is 98.8. The second kappa shape index (κ2) is 34.8. The fourth-order valence-corrected chi connectivity index (χ4v) is 23.6. The van der Waals surface area contributed by atoms with Crippen molar-refractivity contribution in [1.29, 1.82) is 0 Å². The normalized spacial score (nSPS) is 12.8. The molecule has 0 amide bonds. The van der Waals surface area contributed by atoms with Crippen LogP contribution in [0, 0.1) is 41.5 Å². The second-order valence-corrected chi connectivity index (χ2v) is 44.0. The average Bonchev–Trinajstić information content (AvgIpc) is 1.57. The first-order chi connectivity index (χ1) is 71.3. The number of nitrogens with zero attached hydrogens (tertiary/aromatic N) is 7. The number of halogens is 6. The summed E-state index contributed by atoms with van der Waals surface area (Å²) in [6, 6.07) is 134. The van der Waals surface area contributed by atoms with Crippen molar-refractivity contribution in [3.8, 4) is 34.1 Å². The van der Waals surface area contributed by atoms with Crippen LogP contribution < -0.4 is 0 Å². The number of aryl methyl sites for hydroxylation is 6. The topological polar surface area (TPSA) is 42.5 Å². The highest BCUT2D eigenvalue weighted by Crippen LogP contribution is 2.51. The van der Waals surface area contributed by atoms with E-state index in [4.69, 9.17) is 0 Å². The molecule has 7 aromatic heterocycles. The van der Waals surface area contributed by atoms with E-state index < -0.39 is 34.3 Å². The van der Waals surface area contributed by atoms with E-state index in [0.717, 1.165) is 123 Å². The molecule has 0 fully saturated rings.